The summed E-state index contributed by atoms with van der Waals surface area (Å²) in [6, 6.07) is 26.8. The van der Waals surface area contributed by atoms with Crippen molar-refractivity contribution >= 4 is 22.5 Å². The number of aryl methyl sites for hydroxylation is 2. The molecule has 0 fully saturated rings. The highest BCUT2D eigenvalue weighted by Crippen LogP contribution is 2.26. The number of nitrogens with zero attached hydrogens (tertiary/aromatic N) is 3. The summed E-state index contributed by atoms with van der Waals surface area (Å²) >= 11 is 0. The van der Waals surface area contributed by atoms with Gasteiger partial charge in [0.25, 0.3) is 11.2 Å². The molecule has 184 valence electrons. The lowest BCUT2D eigenvalue weighted by molar-refractivity contribution is -0.384. The van der Waals surface area contributed by atoms with Gasteiger partial charge in [-0.1, -0.05) is 72.8 Å². The summed E-state index contributed by atoms with van der Waals surface area (Å²) in [6.07, 6.45) is 1.41. The molecule has 5 rings (SSSR count). The molecule has 0 aliphatic rings. The van der Waals surface area contributed by atoms with Gasteiger partial charge in [-0.15, -0.1) is 0 Å². The van der Waals surface area contributed by atoms with Gasteiger partial charge in [0, 0.05) is 28.8 Å². The number of aromatic nitrogens is 3. The van der Waals surface area contributed by atoms with Gasteiger partial charge in [0.1, 0.15) is 0 Å². The van der Waals surface area contributed by atoms with Crippen LogP contribution in [0.3, 0.4) is 0 Å². The number of carbonyl (C=O) groups is 1. The second-order valence-corrected chi connectivity index (χ2v) is 8.62. The van der Waals surface area contributed by atoms with Gasteiger partial charge < -0.3 is 0 Å². The molecule has 2 heterocycles. The topological polar surface area (TPSA) is 123 Å². The van der Waals surface area contributed by atoms with Crippen LogP contribution in [0.4, 0.5) is 5.69 Å². The maximum atomic E-state index is 13.5. The molecule has 0 atom stereocenters. The zero-order chi connectivity index (χ0) is 25.8. The van der Waals surface area contributed by atoms with E-state index in [0.29, 0.717) is 23.1 Å². The predicted octanol–water partition coefficient (Wildman–Crippen LogP) is 4.40. The van der Waals surface area contributed by atoms with Crippen LogP contribution in [-0.2, 0) is 24.1 Å². The average Bonchev–Trinajstić information content (AvgIpc) is 3.33. The monoisotopic (exact) mass is 493 g/mol. The first-order chi connectivity index (χ1) is 18.0. The van der Waals surface area contributed by atoms with Crippen LogP contribution in [0.1, 0.15) is 16.8 Å². The second-order valence-electron chi connectivity index (χ2n) is 8.62. The van der Waals surface area contributed by atoms with Crippen LogP contribution >= 0.6 is 0 Å². The molecule has 0 radical (unpaired) electrons. The van der Waals surface area contributed by atoms with Gasteiger partial charge in [-0.25, -0.2) is 4.68 Å². The summed E-state index contributed by atoms with van der Waals surface area (Å²) in [4.78, 5) is 37.4. The van der Waals surface area contributed by atoms with Crippen LogP contribution in [0.2, 0.25) is 0 Å². The van der Waals surface area contributed by atoms with Crippen molar-refractivity contribution < 1.29 is 9.72 Å². The molecule has 3 aromatic carbocycles. The number of nitro benzene ring substituents is 1. The molecule has 37 heavy (non-hydrogen) atoms. The number of hydrogen-bond donors (Lipinski definition) is 2. The van der Waals surface area contributed by atoms with Crippen molar-refractivity contribution in [3.05, 3.63) is 128 Å². The van der Waals surface area contributed by atoms with Gasteiger partial charge in [-0.3, -0.25) is 30.2 Å². The summed E-state index contributed by atoms with van der Waals surface area (Å²) in [7, 11) is 0. The van der Waals surface area contributed by atoms with Gasteiger partial charge in [0.15, 0.2) is 5.52 Å². The maximum absolute atomic E-state index is 13.5. The van der Waals surface area contributed by atoms with Gasteiger partial charge >= 0.3 is 0 Å². The van der Waals surface area contributed by atoms with Crippen LogP contribution in [0.15, 0.2) is 95.8 Å². The minimum atomic E-state index is -0.525. The molecular weight excluding hydrogens is 470 g/mol. The molecule has 2 aromatic heterocycles. The number of fused-ring (bicyclic) bond motifs is 1. The van der Waals surface area contributed by atoms with Crippen molar-refractivity contribution in [1.82, 2.24) is 14.9 Å². The Morgan fingerprint density at radius 1 is 0.919 bits per heavy atom. The standard InChI is InChI=1S/C28H23N5O4/c34-26(16-20-10-5-2-6-11-20)31-32-25(21-12-7-13-22(17-21)33(36)37)18-23-24(29-30-27(23)28(32)35)15-14-19-8-3-1-4-9-19/h1-13,17-18H,14-16H2,(H,29,30)(H,31,34). The summed E-state index contributed by atoms with van der Waals surface area (Å²) in [5, 5.41) is 19.2. The third-order valence-corrected chi connectivity index (χ3v) is 6.11. The summed E-state index contributed by atoms with van der Waals surface area (Å²) < 4.78 is 1.12. The Morgan fingerprint density at radius 2 is 1.62 bits per heavy atom. The van der Waals surface area contributed by atoms with E-state index in [1.807, 2.05) is 60.7 Å². The molecule has 5 aromatic rings. The highest BCUT2D eigenvalue weighted by molar-refractivity contribution is 5.89. The van der Waals surface area contributed by atoms with Gasteiger partial charge in [-0.05, 0) is 30.0 Å². The minimum Gasteiger partial charge on any atom is -0.281 e. The molecular formula is C28H23N5O4. The Morgan fingerprint density at radius 3 is 2.32 bits per heavy atom. The first kappa shape index (κ1) is 23.7. The van der Waals surface area contributed by atoms with E-state index in [9.17, 15) is 19.7 Å². The zero-order valence-corrected chi connectivity index (χ0v) is 19.8. The molecule has 0 unspecified atom stereocenters. The van der Waals surface area contributed by atoms with Crippen molar-refractivity contribution in [3.63, 3.8) is 0 Å². The minimum absolute atomic E-state index is 0.0581. The molecule has 2 N–H and O–H groups in total. The lowest BCUT2D eigenvalue weighted by Crippen LogP contribution is -2.35. The number of rotatable bonds is 8. The summed E-state index contributed by atoms with van der Waals surface area (Å²) in [5.41, 5.74) is 5.65. The number of carbonyl (C=O) groups excluding carboxylic acids is 1. The summed E-state index contributed by atoms with van der Waals surface area (Å²) in [5.74, 6) is -0.404. The molecule has 1 amide bonds. The van der Waals surface area contributed by atoms with E-state index in [1.54, 1.807) is 18.2 Å². The molecule has 9 nitrogen and oxygen atoms in total. The van der Waals surface area contributed by atoms with E-state index in [2.05, 4.69) is 15.6 Å². The molecule has 0 aliphatic heterocycles. The van der Waals surface area contributed by atoms with E-state index < -0.39 is 16.4 Å². The maximum Gasteiger partial charge on any atom is 0.298 e. The van der Waals surface area contributed by atoms with E-state index >= 15 is 0 Å². The van der Waals surface area contributed by atoms with Gasteiger partial charge in [0.05, 0.1) is 17.0 Å². The molecule has 0 saturated carbocycles. The smallest absolute Gasteiger partial charge is 0.281 e. The fourth-order valence-electron chi connectivity index (χ4n) is 4.27. The highest BCUT2D eigenvalue weighted by atomic mass is 16.6. The number of non-ortho nitro benzene ring substituents is 1. The first-order valence-electron chi connectivity index (χ1n) is 11.7. The van der Waals surface area contributed by atoms with Gasteiger partial charge in [0.2, 0.25) is 5.91 Å². The number of aromatic amines is 1. The van der Waals surface area contributed by atoms with E-state index in [4.69, 9.17) is 0 Å². The van der Waals surface area contributed by atoms with E-state index in [1.165, 1.54) is 12.1 Å². The Kier molecular flexibility index (Phi) is 6.58. The first-order valence-corrected chi connectivity index (χ1v) is 11.7. The second kappa shape index (κ2) is 10.3. The normalized spacial score (nSPS) is 10.9. The lowest BCUT2D eigenvalue weighted by atomic mass is 10.0. The largest absolute Gasteiger partial charge is 0.298 e. The SMILES string of the molecule is O=C(Cc1ccccc1)Nn1c(-c2cccc([N+](=O)[O-])c2)cc2c(CCc3ccccc3)[nH]nc2c1=O. The number of H-pyrrole nitrogens is 1. The Hall–Kier alpha value is -5.05. The Labute approximate surface area is 211 Å². The third-order valence-electron chi connectivity index (χ3n) is 6.11. The van der Waals surface area contributed by atoms with Crippen LogP contribution in [0.25, 0.3) is 22.2 Å². The molecule has 0 saturated heterocycles. The number of benzene rings is 3. The van der Waals surface area contributed by atoms with Crippen molar-refractivity contribution in [1.29, 1.82) is 0 Å². The third kappa shape index (κ3) is 5.15. The van der Waals surface area contributed by atoms with Gasteiger partial charge in [-0.2, -0.15) is 5.10 Å². The zero-order valence-electron chi connectivity index (χ0n) is 19.8. The van der Waals surface area contributed by atoms with Crippen molar-refractivity contribution in [2.75, 3.05) is 5.43 Å². The summed E-state index contributed by atoms with van der Waals surface area (Å²) in [6.45, 7) is 0. The van der Waals surface area contributed by atoms with E-state index in [0.717, 1.165) is 27.9 Å². The van der Waals surface area contributed by atoms with Crippen LogP contribution in [0, 0.1) is 10.1 Å². The molecule has 9 heteroatoms. The number of pyridine rings is 1. The molecule has 0 spiro atoms. The van der Waals surface area contributed by atoms with Crippen molar-refractivity contribution in [2.24, 2.45) is 0 Å². The number of nitro groups is 1. The highest BCUT2D eigenvalue weighted by Gasteiger charge is 2.19. The van der Waals surface area contributed by atoms with E-state index in [-0.39, 0.29) is 17.6 Å². The predicted molar refractivity (Wildman–Crippen MR) is 141 cm³/mol. The van der Waals surface area contributed by atoms with Crippen molar-refractivity contribution in [3.8, 4) is 11.3 Å². The Balaban J connectivity index is 1.57. The van der Waals surface area contributed by atoms with Crippen molar-refractivity contribution in [2.45, 2.75) is 19.3 Å². The quantitative estimate of drug-likeness (QED) is 0.245. The Bertz CT molecular complexity index is 1640. The van der Waals surface area contributed by atoms with Crippen LogP contribution in [0.5, 0.6) is 0 Å². The van der Waals surface area contributed by atoms with Crippen LogP contribution < -0.4 is 11.0 Å². The lowest BCUT2D eigenvalue weighted by Gasteiger charge is -2.15. The fourth-order valence-corrected chi connectivity index (χ4v) is 4.27. The molecule has 0 aliphatic carbocycles. The average molecular weight is 494 g/mol. The number of nitrogens with one attached hydrogen (secondary N) is 2. The van der Waals surface area contributed by atoms with Crippen LogP contribution in [-0.4, -0.2) is 25.7 Å². The number of amides is 1. The fraction of sp³-hybridized carbons (Fsp3) is 0.107. The molecule has 0 bridgehead atoms. The number of hydrogen-bond acceptors (Lipinski definition) is 5.